The lowest BCUT2D eigenvalue weighted by Crippen LogP contribution is -2.29. The molecule has 0 bridgehead atoms. The summed E-state index contributed by atoms with van der Waals surface area (Å²) in [5.74, 6) is 0.231. The number of amides is 1. The van der Waals surface area contributed by atoms with E-state index >= 15 is 0 Å². The fourth-order valence-corrected chi connectivity index (χ4v) is 3.89. The summed E-state index contributed by atoms with van der Waals surface area (Å²) >= 11 is 5.15. The largest absolute Gasteiger partial charge is 0.307 e. The molecule has 0 fully saturated rings. The SMILES string of the molecule is O=C1CCCc2ccccc2N1Cc1cc(Br)cs1. The Balaban J connectivity index is 1.95. The molecule has 1 aliphatic heterocycles. The number of fused-ring (bicyclic) bond motifs is 1. The van der Waals surface area contributed by atoms with Gasteiger partial charge in [-0.25, -0.2) is 0 Å². The Hall–Kier alpha value is -1.13. The van der Waals surface area contributed by atoms with Crippen molar-refractivity contribution in [2.45, 2.75) is 25.8 Å². The summed E-state index contributed by atoms with van der Waals surface area (Å²) in [5, 5.41) is 2.06. The lowest BCUT2D eigenvalue weighted by atomic mass is 10.1. The van der Waals surface area contributed by atoms with Gasteiger partial charge in [0.05, 0.1) is 6.54 Å². The molecule has 98 valence electrons. The molecule has 0 saturated carbocycles. The summed E-state index contributed by atoms with van der Waals surface area (Å²) in [6.45, 7) is 0.673. The van der Waals surface area contributed by atoms with Crippen LogP contribution >= 0.6 is 27.3 Å². The van der Waals surface area contributed by atoms with Gasteiger partial charge in [0.2, 0.25) is 5.91 Å². The van der Waals surface area contributed by atoms with Crippen LogP contribution in [0.15, 0.2) is 40.2 Å². The maximum absolute atomic E-state index is 12.3. The molecule has 1 aliphatic rings. The second-order valence-corrected chi connectivity index (χ2v) is 6.60. The molecule has 3 rings (SSSR count). The van der Waals surface area contributed by atoms with Gasteiger partial charge in [0.15, 0.2) is 0 Å². The highest BCUT2D eigenvalue weighted by atomic mass is 79.9. The summed E-state index contributed by atoms with van der Waals surface area (Å²) in [6.07, 6.45) is 2.58. The molecule has 0 N–H and O–H groups in total. The van der Waals surface area contributed by atoms with Crippen LogP contribution in [0.3, 0.4) is 0 Å². The van der Waals surface area contributed by atoms with E-state index in [9.17, 15) is 4.79 Å². The Labute approximate surface area is 125 Å². The van der Waals surface area contributed by atoms with Crippen LogP contribution in [0.5, 0.6) is 0 Å². The number of para-hydroxylation sites is 1. The van der Waals surface area contributed by atoms with Gasteiger partial charge in [-0.3, -0.25) is 4.79 Å². The zero-order valence-corrected chi connectivity index (χ0v) is 12.8. The first-order valence-corrected chi connectivity index (χ1v) is 8.02. The van der Waals surface area contributed by atoms with Gasteiger partial charge in [-0.05, 0) is 46.5 Å². The average Bonchev–Trinajstić information content (AvgIpc) is 2.75. The Morgan fingerprint density at radius 3 is 2.89 bits per heavy atom. The fourth-order valence-electron chi connectivity index (χ4n) is 2.45. The van der Waals surface area contributed by atoms with Crippen molar-refractivity contribution in [2.24, 2.45) is 0 Å². The lowest BCUT2D eigenvalue weighted by Gasteiger charge is -2.22. The van der Waals surface area contributed by atoms with Crippen molar-refractivity contribution in [2.75, 3.05) is 4.90 Å². The Morgan fingerprint density at radius 1 is 1.26 bits per heavy atom. The minimum Gasteiger partial charge on any atom is -0.307 e. The molecule has 0 unspecified atom stereocenters. The van der Waals surface area contributed by atoms with Crippen molar-refractivity contribution < 1.29 is 4.79 Å². The highest BCUT2D eigenvalue weighted by molar-refractivity contribution is 9.10. The molecule has 0 spiro atoms. The number of hydrogen-bond acceptors (Lipinski definition) is 2. The lowest BCUT2D eigenvalue weighted by molar-refractivity contribution is -0.118. The molecule has 2 nitrogen and oxygen atoms in total. The molecule has 1 aromatic heterocycles. The van der Waals surface area contributed by atoms with Crippen LogP contribution in [0.4, 0.5) is 5.69 Å². The Morgan fingerprint density at radius 2 is 2.11 bits per heavy atom. The number of carbonyl (C=O) groups excluding carboxylic acids is 1. The minimum atomic E-state index is 0.231. The first-order chi connectivity index (χ1) is 9.24. The van der Waals surface area contributed by atoms with E-state index in [1.165, 1.54) is 10.4 Å². The van der Waals surface area contributed by atoms with Gasteiger partial charge in [-0.2, -0.15) is 0 Å². The third-order valence-electron chi connectivity index (χ3n) is 3.36. The van der Waals surface area contributed by atoms with E-state index in [1.54, 1.807) is 11.3 Å². The number of anilines is 1. The third-order valence-corrected chi connectivity index (χ3v) is 5.04. The molecule has 0 aliphatic carbocycles. The normalized spacial score (nSPS) is 15.2. The van der Waals surface area contributed by atoms with Crippen LogP contribution in [-0.4, -0.2) is 5.91 Å². The molecule has 1 aromatic carbocycles. The van der Waals surface area contributed by atoms with E-state index in [4.69, 9.17) is 0 Å². The van der Waals surface area contributed by atoms with Gasteiger partial charge in [-0.15, -0.1) is 11.3 Å². The number of benzene rings is 1. The van der Waals surface area contributed by atoms with E-state index in [-0.39, 0.29) is 5.91 Å². The molecule has 19 heavy (non-hydrogen) atoms. The first kappa shape index (κ1) is 12.9. The molecule has 0 atom stereocenters. The standard InChI is InChI=1S/C15H14BrNOS/c16-12-8-13(19-10-12)9-17-14-6-2-1-4-11(14)5-3-7-15(17)18/h1-2,4,6,8,10H,3,5,7,9H2. The molecular formula is C15H14BrNOS. The van der Waals surface area contributed by atoms with Crippen LogP contribution < -0.4 is 4.90 Å². The molecule has 0 radical (unpaired) electrons. The number of halogens is 1. The molecule has 4 heteroatoms. The second kappa shape index (κ2) is 5.47. The number of hydrogen-bond donors (Lipinski definition) is 0. The molecule has 2 heterocycles. The van der Waals surface area contributed by atoms with Crippen LogP contribution in [-0.2, 0) is 17.8 Å². The van der Waals surface area contributed by atoms with Crippen molar-refractivity contribution in [3.8, 4) is 0 Å². The highest BCUT2D eigenvalue weighted by Gasteiger charge is 2.22. The highest BCUT2D eigenvalue weighted by Crippen LogP contribution is 2.30. The van der Waals surface area contributed by atoms with Gasteiger partial charge in [-0.1, -0.05) is 18.2 Å². The molecule has 2 aromatic rings. The van der Waals surface area contributed by atoms with Crippen LogP contribution in [0.25, 0.3) is 0 Å². The number of aryl methyl sites for hydroxylation is 1. The van der Waals surface area contributed by atoms with Gasteiger partial charge in [0.1, 0.15) is 0 Å². The van der Waals surface area contributed by atoms with Crippen molar-refractivity contribution in [3.05, 3.63) is 50.6 Å². The van der Waals surface area contributed by atoms with Crippen molar-refractivity contribution in [1.82, 2.24) is 0 Å². The predicted octanol–water partition coefficient (Wildman–Crippen LogP) is 4.38. The summed E-state index contributed by atoms with van der Waals surface area (Å²) in [6, 6.07) is 10.3. The van der Waals surface area contributed by atoms with Crippen LogP contribution in [0, 0.1) is 0 Å². The number of thiophene rings is 1. The van der Waals surface area contributed by atoms with E-state index in [0.717, 1.165) is 23.0 Å². The molecule has 1 amide bonds. The molecule has 0 saturated heterocycles. The van der Waals surface area contributed by atoms with E-state index in [2.05, 4.69) is 45.6 Å². The number of nitrogens with zero attached hydrogens (tertiary/aromatic N) is 1. The van der Waals surface area contributed by atoms with E-state index in [1.807, 2.05) is 11.0 Å². The maximum Gasteiger partial charge on any atom is 0.227 e. The van der Waals surface area contributed by atoms with Crippen molar-refractivity contribution in [1.29, 1.82) is 0 Å². The van der Waals surface area contributed by atoms with E-state index < -0.39 is 0 Å². The monoisotopic (exact) mass is 335 g/mol. The Bertz CT molecular complexity index is 608. The molecular weight excluding hydrogens is 322 g/mol. The number of carbonyl (C=O) groups is 1. The van der Waals surface area contributed by atoms with Gasteiger partial charge in [0.25, 0.3) is 0 Å². The van der Waals surface area contributed by atoms with Crippen molar-refractivity contribution in [3.63, 3.8) is 0 Å². The topological polar surface area (TPSA) is 20.3 Å². The smallest absolute Gasteiger partial charge is 0.227 e. The predicted molar refractivity (Wildman–Crippen MR) is 82.6 cm³/mol. The van der Waals surface area contributed by atoms with Crippen molar-refractivity contribution >= 4 is 38.9 Å². The third kappa shape index (κ3) is 2.74. The number of rotatable bonds is 2. The average molecular weight is 336 g/mol. The minimum absolute atomic E-state index is 0.231. The summed E-state index contributed by atoms with van der Waals surface area (Å²) in [7, 11) is 0. The fraction of sp³-hybridized carbons (Fsp3) is 0.267. The second-order valence-electron chi connectivity index (χ2n) is 4.69. The zero-order valence-electron chi connectivity index (χ0n) is 10.4. The summed E-state index contributed by atoms with van der Waals surface area (Å²) in [4.78, 5) is 15.4. The quantitative estimate of drug-likeness (QED) is 0.797. The first-order valence-electron chi connectivity index (χ1n) is 6.35. The summed E-state index contributed by atoms with van der Waals surface area (Å²) in [5.41, 5.74) is 2.36. The summed E-state index contributed by atoms with van der Waals surface area (Å²) < 4.78 is 1.09. The van der Waals surface area contributed by atoms with Crippen LogP contribution in [0.2, 0.25) is 0 Å². The Kier molecular flexibility index (Phi) is 3.71. The van der Waals surface area contributed by atoms with Gasteiger partial charge < -0.3 is 4.90 Å². The van der Waals surface area contributed by atoms with Gasteiger partial charge in [0, 0.05) is 26.8 Å². The van der Waals surface area contributed by atoms with Crippen LogP contribution in [0.1, 0.15) is 23.3 Å². The van der Waals surface area contributed by atoms with Gasteiger partial charge >= 0.3 is 0 Å². The van der Waals surface area contributed by atoms with E-state index in [0.29, 0.717) is 13.0 Å². The zero-order chi connectivity index (χ0) is 13.2. The maximum atomic E-state index is 12.3.